The second-order valence-electron chi connectivity index (χ2n) is 2.31. The zero-order chi connectivity index (χ0) is 9.90. The molecule has 0 aliphatic rings. The topological polar surface area (TPSA) is 34.1 Å². The summed E-state index contributed by atoms with van der Waals surface area (Å²) >= 11 is 0. The van der Waals surface area contributed by atoms with Gasteiger partial charge in [0.15, 0.2) is 0 Å². The summed E-state index contributed by atoms with van der Waals surface area (Å²) < 4.78 is 34.0. The van der Waals surface area contributed by atoms with Crippen molar-refractivity contribution in [1.82, 2.24) is 0 Å². The van der Waals surface area contributed by atoms with Crippen molar-refractivity contribution in [3.63, 3.8) is 0 Å². The molecule has 0 N–H and O–H groups in total. The first kappa shape index (κ1) is 10.2. The van der Waals surface area contributed by atoms with E-state index in [0.717, 1.165) is 0 Å². The highest BCUT2D eigenvalue weighted by molar-refractivity contribution is 8.16. The molecule has 0 radical (unpaired) electrons. The molecule has 0 aromatic heterocycles. The van der Waals surface area contributed by atoms with Gasteiger partial charge in [-0.1, -0.05) is 30.3 Å². The highest BCUT2D eigenvalue weighted by Gasteiger charge is 2.05. The fraction of sp³-hybridized carbons (Fsp3) is 0. The van der Waals surface area contributed by atoms with E-state index in [-0.39, 0.29) is 5.56 Å². The Kier molecular flexibility index (Phi) is 3.06. The van der Waals surface area contributed by atoms with Gasteiger partial charge in [0.25, 0.3) is 9.05 Å². The van der Waals surface area contributed by atoms with Gasteiger partial charge in [0.2, 0.25) is 0 Å². The van der Waals surface area contributed by atoms with E-state index in [4.69, 9.17) is 10.7 Å². The van der Waals surface area contributed by atoms with Crippen molar-refractivity contribution < 1.29 is 12.8 Å². The average Bonchev–Trinajstić information content (AvgIpc) is 2.03. The minimum atomic E-state index is -3.94. The molecule has 1 aromatic carbocycles. The number of benzene rings is 1. The van der Waals surface area contributed by atoms with Gasteiger partial charge in [0, 0.05) is 16.2 Å². The van der Waals surface area contributed by atoms with Gasteiger partial charge in [-0.25, -0.2) is 12.8 Å². The Morgan fingerprint density at radius 3 is 2.31 bits per heavy atom. The lowest BCUT2D eigenvalue weighted by atomic mass is 10.2. The summed E-state index contributed by atoms with van der Waals surface area (Å²) in [5, 5.41) is 0.379. The third-order valence-corrected chi connectivity index (χ3v) is 2.05. The van der Waals surface area contributed by atoms with Crippen molar-refractivity contribution in [2.24, 2.45) is 0 Å². The van der Waals surface area contributed by atoms with E-state index in [9.17, 15) is 12.8 Å². The van der Waals surface area contributed by atoms with Crippen LogP contribution in [0, 0.1) is 0 Å². The number of halogens is 2. The van der Waals surface area contributed by atoms with Crippen LogP contribution in [0.15, 0.2) is 35.7 Å². The summed E-state index contributed by atoms with van der Waals surface area (Å²) in [6.45, 7) is 0. The smallest absolute Gasteiger partial charge is 0.207 e. The quantitative estimate of drug-likeness (QED) is 0.718. The Balaban J connectivity index is 3.06. The van der Waals surface area contributed by atoms with Gasteiger partial charge in [-0.3, -0.25) is 0 Å². The maximum absolute atomic E-state index is 13.0. The predicted octanol–water partition coefficient (Wildman–Crippen LogP) is 2.52. The van der Waals surface area contributed by atoms with Crippen LogP contribution in [0.1, 0.15) is 5.56 Å². The molecule has 0 unspecified atom stereocenters. The average molecular weight is 221 g/mol. The fourth-order valence-corrected chi connectivity index (χ4v) is 1.41. The molecule has 1 aromatic rings. The van der Waals surface area contributed by atoms with Crippen LogP contribution in [-0.2, 0) is 9.05 Å². The van der Waals surface area contributed by atoms with Crippen molar-refractivity contribution in [3.05, 3.63) is 41.3 Å². The van der Waals surface area contributed by atoms with E-state index in [0.29, 0.717) is 5.41 Å². The molecule has 0 amide bonds. The molecule has 0 spiro atoms. The van der Waals surface area contributed by atoms with E-state index >= 15 is 0 Å². The SMILES string of the molecule is O=S(=O)(Cl)C=C(F)c1ccccc1. The highest BCUT2D eigenvalue weighted by atomic mass is 35.7. The van der Waals surface area contributed by atoms with E-state index in [1.807, 2.05) is 0 Å². The minimum Gasteiger partial charge on any atom is -0.207 e. The summed E-state index contributed by atoms with van der Waals surface area (Å²) in [5.74, 6) is -0.865. The van der Waals surface area contributed by atoms with Gasteiger partial charge >= 0.3 is 0 Å². The van der Waals surface area contributed by atoms with E-state index in [1.54, 1.807) is 18.2 Å². The Labute approximate surface area is 80.1 Å². The second-order valence-corrected chi connectivity index (χ2v) is 4.78. The monoisotopic (exact) mass is 220 g/mol. The van der Waals surface area contributed by atoms with Crippen molar-refractivity contribution in [1.29, 1.82) is 0 Å². The molecule has 2 nitrogen and oxygen atoms in total. The van der Waals surface area contributed by atoms with E-state index in [1.165, 1.54) is 12.1 Å². The molecule has 0 aliphatic heterocycles. The van der Waals surface area contributed by atoms with Crippen molar-refractivity contribution in [2.45, 2.75) is 0 Å². The van der Waals surface area contributed by atoms with Crippen LogP contribution in [0.3, 0.4) is 0 Å². The maximum atomic E-state index is 13.0. The Morgan fingerprint density at radius 2 is 1.85 bits per heavy atom. The van der Waals surface area contributed by atoms with Gasteiger partial charge in [-0.2, -0.15) is 0 Å². The molecule has 70 valence electrons. The van der Waals surface area contributed by atoms with Gasteiger partial charge < -0.3 is 0 Å². The summed E-state index contributed by atoms with van der Waals surface area (Å²) in [4.78, 5) is 0. The predicted molar refractivity (Wildman–Crippen MR) is 50.3 cm³/mol. The third kappa shape index (κ3) is 3.57. The lowest BCUT2D eigenvalue weighted by Gasteiger charge is -1.94. The largest absolute Gasteiger partial charge is 0.257 e. The second kappa shape index (κ2) is 3.89. The molecular weight excluding hydrogens is 215 g/mol. The fourth-order valence-electron chi connectivity index (χ4n) is 0.789. The molecule has 0 heterocycles. The third-order valence-electron chi connectivity index (χ3n) is 1.29. The van der Waals surface area contributed by atoms with Gasteiger partial charge in [0.1, 0.15) is 5.83 Å². The Hall–Kier alpha value is -0.870. The van der Waals surface area contributed by atoms with Crippen LogP contribution in [0.25, 0.3) is 5.83 Å². The molecule has 0 aliphatic carbocycles. The van der Waals surface area contributed by atoms with Crippen LogP contribution in [-0.4, -0.2) is 8.42 Å². The zero-order valence-corrected chi connectivity index (χ0v) is 8.02. The molecule has 0 bridgehead atoms. The molecule has 0 atom stereocenters. The molecule has 13 heavy (non-hydrogen) atoms. The van der Waals surface area contributed by atoms with Crippen LogP contribution < -0.4 is 0 Å². The van der Waals surface area contributed by atoms with Crippen molar-refractivity contribution in [2.75, 3.05) is 0 Å². The lowest BCUT2D eigenvalue weighted by Crippen LogP contribution is -1.83. The first-order valence-corrected chi connectivity index (χ1v) is 5.73. The summed E-state index contributed by atoms with van der Waals surface area (Å²) in [6, 6.07) is 7.81. The standard InChI is InChI=1S/C8H6ClFO2S/c9-13(11,12)6-8(10)7-4-2-1-3-5-7/h1-6H. The zero-order valence-electron chi connectivity index (χ0n) is 6.44. The van der Waals surface area contributed by atoms with Crippen LogP contribution in [0.2, 0.25) is 0 Å². The van der Waals surface area contributed by atoms with Crippen LogP contribution in [0.4, 0.5) is 4.39 Å². The summed E-state index contributed by atoms with van der Waals surface area (Å²) in [6.07, 6.45) is 0. The van der Waals surface area contributed by atoms with Gasteiger partial charge in [0.05, 0.1) is 5.41 Å². The molecule has 1 rings (SSSR count). The first-order valence-electron chi connectivity index (χ1n) is 3.36. The van der Waals surface area contributed by atoms with Gasteiger partial charge in [-0.05, 0) is 0 Å². The summed E-state index contributed by atoms with van der Waals surface area (Å²) in [5.41, 5.74) is 0.187. The van der Waals surface area contributed by atoms with Gasteiger partial charge in [-0.15, -0.1) is 0 Å². The van der Waals surface area contributed by atoms with E-state index in [2.05, 4.69) is 0 Å². The Morgan fingerprint density at radius 1 is 1.31 bits per heavy atom. The first-order chi connectivity index (χ1) is 5.99. The van der Waals surface area contributed by atoms with Crippen LogP contribution in [0.5, 0.6) is 0 Å². The minimum absolute atomic E-state index is 0.187. The van der Waals surface area contributed by atoms with E-state index < -0.39 is 14.9 Å². The molecule has 0 saturated heterocycles. The van der Waals surface area contributed by atoms with Crippen molar-refractivity contribution in [3.8, 4) is 0 Å². The van der Waals surface area contributed by atoms with Crippen LogP contribution >= 0.6 is 10.7 Å². The normalized spacial score (nSPS) is 12.9. The lowest BCUT2D eigenvalue weighted by molar-refractivity contribution is 0.616. The number of rotatable bonds is 2. The summed E-state index contributed by atoms with van der Waals surface area (Å²) in [7, 11) is 0.897. The maximum Gasteiger partial charge on any atom is 0.257 e. The number of hydrogen-bond donors (Lipinski definition) is 0. The molecule has 5 heteroatoms. The molecular formula is C8H6ClFO2S. The Bertz CT molecular complexity index is 411. The highest BCUT2D eigenvalue weighted by Crippen LogP contribution is 2.17. The molecule has 0 saturated carbocycles. The van der Waals surface area contributed by atoms with Crippen molar-refractivity contribution >= 4 is 25.6 Å². The molecule has 0 fully saturated rings. The number of hydrogen-bond acceptors (Lipinski definition) is 2.